The highest BCUT2D eigenvalue weighted by Gasteiger charge is 2.21. The molecule has 1 aromatic heterocycles. The van der Waals surface area contributed by atoms with E-state index >= 15 is 0 Å². The summed E-state index contributed by atoms with van der Waals surface area (Å²) in [6, 6.07) is 6.81. The van der Waals surface area contributed by atoms with E-state index in [1.54, 1.807) is 12.1 Å². The van der Waals surface area contributed by atoms with Gasteiger partial charge in [0, 0.05) is 11.3 Å². The molecule has 22 heavy (non-hydrogen) atoms. The van der Waals surface area contributed by atoms with Crippen molar-refractivity contribution < 1.29 is 13.9 Å². The van der Waals surface area contributed by atoms with Gasteiger partial charge in [-0.15, -0.1) is 11.6 Å². The lowest BCUT2D eigenvalue weighted by Crippen LogP contribution is -2.24. The summed E-state index contributed by atoms with van der Waals surface area (Å²) in [6.07, 6.45) is 4.92. The zero-order valence-corrected chi connectivity index (χ0v) is 12.9. The largest absolute Gasteiger partial charge is 0.459 e. The van der Waals surface area contributed by atoms with Crippen LogP contribution in [0.2, 0.25) is 0 Å². The van der Waals surface area contributed by atoms with Crippen LogP contribution in [0.5, 0.6) is 0 Å². The summed E-state index contributed by atoms with van der Waals surface area (Å²) in [6.45, 7) is 0. The summed E-state index contributed by atoms with van der Waals surface area (Å²) in [4.78, 5) is 24.2. The Morgan fingerprint density at radius 1 is 1.23 bits per heavy atom. The Bertz CT molecular complexity index is 744. The second kappa shape index (κ2) is 6.53. The Balaban J connectivity index is 1.89. The highest BCUT2D eigenvalue weighted by atomic mass is 35.5. The summed E-state index contributed by atoms with van der Waals surface area (Å²) >= 11 is 5.81. The lowest BCUT2D eigenvalue weighted by Gasteiger charge is -2.21. The van der Waals surface area contributed by atoms with E-state index in [9.17, 15) is 9.59 Å². The first-order chi connectivity index (χ1) is 10.7. The molecule has 4 nitrogen and oxygen atoms in total. The Labute approximate surface area is 133 Å². The van der Waals surface area contributed by atoms with Gasteiger partial charge in [0.05, 0.1) is 0 Å². The lowest BCUT2D eigenvalue weighted by atomic mass is 9.98. The molecule has 5 heteroatoms. The second-order valence-electron chi connectivity index (χ2n) is 5.62. The van der Waals surface area contributed by atoms with Gasteiger partial charge in [-0.25, -0.2) is 9.59 Å². The van der Waals surface area contributed by atoms with Gasteiger partial charge in [0.15, 0.2) is 0 Å². The number of alkyl halides is 1. The van der Waals surface area contributed by atoms with Crippen LogP contribution in [0.4, 0.5) is 0 Å². The van der Waals surface area contributed by atoms with Crippen molar-refractivity contribution in [1.82, 2.24) is 0 Å². The Kier molecular flexibility index (Phi) is 4.48. The molecule has 0 bridgehead atoms. The van der Waals surface area contributed by atoms with Gasteiger partial charge in [0.25, 0.3) is 0 Å². The number of rotatable bonds is 3. The summed E-state index contributed by atoms with van der Waals surface area (Å²) in [7, 11) is 0. The molecule has 3 rings (SSSR count). The fraction of sp³-hybridized carbons (Fsp3) is 0.412. The second-order valence-corrected chi connectivity index (χ2v) is 5.89. The van der Waals surface area contributed by atoms with Gasteiger partial charge in [-0.05, 0) is 49.4 Å². The van der Waals surface area contributed by atoms with Crippen LogP contribution in [-0.2, 0) is 10.6 Å². The molecule has 1 aromatic carbocycles. The molecule has 1 heterocycles. The minimum Gasteiger partial charge on any atom is -0.459 e. The average molecular weight is 321 g/mol. The minimum absolute atomic E-state index is 0.0511. The molecule has 0 radical (unpaired) electrons. The Morgan fingerprint density at radius 2 is 2.00 bits per heavy atom. The van der Waals surface area contributed by atoms with Gasteiger partial charge in [-0.3, -0.25) is 0 Å². The third-order valence-corrected chi connectivity index (χ3v) is 4.31. The molecule has 0 N–H and O–H groups in total. The van der Waals surface area contributed by atoms with Gasteiger partial charge in [-0.2, -0.15) is 0 Å². The predicted octanol–water partition coefficient (Wildman–Crippen LogP) is 4.02. The van der Waals surface area contributed by atoms with Crippen LogP contribution in [0.1, 0.15) is 48.0 Å². The number of carbonyl (C=O) groups excluding carboxylic acids is 1. The van der Waals surface area contributed by atoms with Crippen molar-refractivity contribution in [1.29, 1.82) is 0 Å². The van der Waals surface area contributed by atoms with E-state index in [0.29, 0.717) is 16.8 Å². The molecule has 0 aliphatic heterocycles. The molecule has 1 fully saturated rings. The predicted molar refractivity (Wildman–Crippen MR) is 84.3 cm³/mol. The fourth-order valence-electron chi connectivity index (χ4n) is 2.80. The van der Waals surface area contributed by atoms with Crippen LogP contribution >= 0.6 is 11.6 Å². The maximum atomic E-state index is 12.2. The zero-order valence-electron chi connectivity index (χ0n) is 12.1. The molecule has 0 atom stereocenters. The molecule has 0 amide bonds. The van der Waals surface area contributed by atoms with Crippen LogP contribution in [0.15, 0.2) is 33.5 Å². The number of fused-ring (bicyclic) bond motifs is 1. The summed E-state index contributed by atoms with van der Waals surface area (Å²) < 4.78 is 10.6. The SMILES string of the molecule is O=C(OC1CCCCC1)c1cc2cc(CCl)ccc2oc1=O. The first-order valence-electron chi connectivity index (χ1n) is 7.51. The topological polar surface area (TPSA) is 56.5 Å². The van der Waals surface area contributed by atoms with Crippen molar-refractivity contribution in [3.05, 3.63) is 45.8 Å². The van der Waals surface area contributed by atoms with Gasteiger partial charge >= 0.3 is 11.6 Å². The molecular formula is C17H17ClO4. The van der Waals surface area contributed by atoms with Crippen molar-refractivity contribution in [2.45, 2.75) is 44.1 Å². The number of halogens is 1. The molecule has 0 spiro atoms. The van der Waals surface area contributed by atoms with Crippen LogP contribution < -0.4 is 5.63 Å². The maximum Gasteiger partial charge on any atom is 0.351 e. The van der Waals surface area contributed by atoms with E-state index in [4.69, 9.17) is 20.8 Å². The van der Waals surface area contributed by atoms with Crippen molar-refractivity contribution in [3.63, 3.8) is 0 Å². The summed E-state index contributed by atoms with van der Waals surface area (Å²) in [5.74, 6) is -0.240. The quantitative estimate of drug-likeness (QED) is 0.487. The minimum atomic E-state index is -0.660. The molecule has 0 saturated heterocycles. The normalized spacial score (nSPS) is 15.9. The molecule has 1 aliphatic carbocycles. The maximum absolute atomic E-state index is 12.2. The summed E-state index contributed by atoms with van der Waals surface area (Å²) in [5.41, 5.74) is 0.624. The third kappa shape index (κ3) is 3.17. The number of ether oxygens (including phenoxy) is 1. The average Bonchev–Trinajstić information content (AvgIpc) is 2.54. The molecule has 1 aliphatic rings. The monoisotopic (exact) mass is 320 g/mol. The lowest BCUT2D eigenvalue weighted by molar-refractivity contribution is 0.0207. The Hall–Kier alpha value is -1.81. The number of hydrogen-bond donors (Lipinski definition) is 0. The number of benzene rings is 1. The number of hydrogen-bond acceptors (Lipinski definition) is 4. The van der Waals surface area contributed by atoms with E-state index in [1.807, 2.05) is 6.07 Å². The van der Waals surface area contributed by atoms with E-state index in [0.717, 1.165) is 31.2 Å². The van der Waals surface area contributed by atoms with Crippen LogP contribution in [0, 0.1) is 0 Å². The Morgan fingerprint density at radius 3 is 2.73 bits per heavy atom. The van der Waals surface area contributed by atoms with Crippen molar-refractivity contribution in [2.75, 3.05) is 0 Å². The van der Waals surface area contributed by atoms with E-state index in [-0.39, 0.29) is 11.7 Å². The number of esters is 1. The molecule has 0 unspecified atom stereocenters. The van der Waals surface area contributed by atoms with Crippen molar-refractivity contribution in [2.24, 2.45) is 0 Å². The zero-order chi connectivity index (χ0) is 15.5. The molecule has 116 valence electrons. The highest BCUT2D eigenvalue weighted by molar-refractivity contribution is 6.17. The smallest absolute Gasteiger partial charge is 0.351 e. The first-order valence-corrected chi connectivity index (χ1v) is 8.04. The van der Waals surface area contributed by atoms with Gasteiger partial charge in [-0.1, -0.05) is 12.5 Å². The van der Waals surface area contributed by atoms with Crippen LogP contribution in [-0.4, -0.2) is 12.1 Å². The van der Waals surface area contributed by atoms with Gasteiger partial charge in [0.1, 0.15) is 17.3 Å². The van der Waals surface area contributed by atoms with E-state index < -0.39 is 11.6 Å². The van der Waals surface area contributed by atoms with Gasteiger partial charge < -0.3 is 9.15 Å². The third-order valence-electron chi connectivity index (χ3n) is 4.00. The fourth-order valence-corrected chi connectivity index (χ4v) is 2.96. The van der Waals surface area contributed by atoms with Crippen molar-refractivity contribution in [3.8, 4) is 0 Å². The van der Waals surface area contributed by atoms with E-state index in [2.05, 4.69) is 0 Å². The van der Waals surface area contributed by atoms with Gasteiger partial charge in [0.2, 0.25) is 0 Å². The van der Waals surface area contributed by atoms with Crippen LogP contribution in [0.25, 0.3) is 11.0 Å². The molecular weight excluding hydrogens is 304 g/mol. The van der Waals surface area contributed by atoms with Crippen molar-refractivity contribution >= 4 is 28.5 Å². The number of carbonyl (C=O) groups is 1. The highest BCUT2D eigenvalue weighted by Crippen LogP contribution is 2.22. The van der Waals surface area contributed by atoms with Crippen LogP contribution in [0.3, 0.4) is 0 Å². The summed E-state index contributed by atoms with van der Waals surface area (Å²) in [5, 5.41) is 0.674. The molecule has 2 aromatic rings. The molecule has 1 saturated carbocycles. The van der Waals surface area contributed by atoms with E-state index in [1.165, 1.54) is 12.5 Å². The standard InChI is InChI=1S/C17H17ClO4/c18-10-11-6-7-15-12(8-11)9-14(17(20)22-15)16(19)21-13-4-2-1-3-5-13/h6-9,13H,1-5,10H2. The first kappa shape index (κ1) is 15.1.